The van der Waals surface area contributed by atoms with Crippen LogP contribution in [0.4, 0.5) is 39.8 Å². The number of nitrogens with zero attached hydrogens (tertiary/aromatic N) is 3. The maximum absolute atomic E-state index is 2.52. The standard InChI is InChI=1S/C76H65N3/c1-76(2)74-29-16-15-27-72(74)73-28-17-26-71(54-75(73)76)79(69-50-42-61(43-51-69)57-34-30-55(31-35-57)59-38-46-67(47-39-59)77(63-18-7-3-8-19-63)64-20-9-4-10-21-64)70-52-44-62(45-53-70)58-36-32-56(33-37-58)60-40-48-68(49-41-60)78(65-22-11-5-12-23-65)66-24-13-6-14-25-66/h3-13,15-16,18-24,26-27,29-32,34-54,56,73H,14,17,25,28,33H2,1-2H3. The van der Waals surface area contributed by atoms with Crippen molar-refractivity contribution >= 4 is 45.4 Å². The molecular formula is C76H65N3. The molecule has 2 atom stereocenters. The molecule has 3 heteroatoms. The van der Waals surface area contributed by atoms with E-state index < -0.39 is 0 Å². The number of allylic oxidation sites excluding steroid dienone is 11. The minimum atomic E-state index is -0.0598. The van der Waals surface area contributed by atoms with Crippen LogP contribution in [0.15, 0.2) is 302 Å². The number of hydrogen-bond donors (Lipinski definition) is 0. The Labute approximate surface area is 467 Å². The van der Waals surface area contributed by atoms with Gasteiger partial charge in [0.05, 0.1) is 0 Å². The summed E-state index contributed by atoms with van der Waals surface area (Å²) in [4.78, 5) is 7.19. The van der Waals surface area contributed by atoms with E-state index in [0.29, 0.717) is 11.8 Å². The lowest BCUT2D eigenvalue weighted by Crippen LogP contribution is -2.19. The first-order valence-corrected chi connectivity index (χ1v) is 28.3. The average Bonchev–Trinajstić information content (AvgIpc) is 3.93. The summed E-state index contributed by atoms with van der Waals surface area (Å²) in [5, 5.41) is 0. The molecule has 0 aromatic heterocycles. The number of para-hydroxylation sites is 3. The Kier molecular flexibility index (Phi) is 13.6. The lowest BCUT2D eigenvalue weighted by Gasteiger charge is -2.29. The third-order valence-electron chi connectivity index (χ3n) is 16.7. The van der Waals surface area contributed by atoms with Crippen LogP contribution in [0.3, 0.4) is 0 Å². The van der Waals surface area contributed by atoms with Crippen molar-refractivity contribution in [1.29, 1.82) is 0 Å². The Morgan fingerprint density at radius 2 is 0.899 bits per heavy atom. The first kappa shape index (κ1) is 49.4. The van der Waals surface area contributed by atoms with E-state index in [2.05, 4.69) is 314 Å². The van der Waals surface area contributed by atoms with E-state index in [4.69, 9.17) is 0 Å². The zero-order valence-electron chi connectivity index (χ0n) is 45.2. The largest absolute Gasteiger partial charge is 0.314 e. The van der Waals surface area contributed by atoms with Crippen molar-refractivity contribution in [2.45, 2.75) is 63.2 Å². The second-order valence-electron chi connectivity index (χ2n) is 21.9. The molecular weight excluding hydrogens is 955 g/mol. The lowest BCUT2D eigenvalue weighted by molar-refractivity contribution is 0.602. The van der Waals surface area contributed by atoms with Crippen LogP contribution in [0, 0.1) is 0 Å². The second-order valence-corrected chi connectivity index (χ2v) is 21.9. The third-order valence-corrected chi connectivity index (χ3v) is 16.7. The van der Waals surface area contributed by atoms with Crippen LogP contribution in [0.5, 0.6) is 0 Å². The molecule has 4 aliphatic rings. The molecule has 0 amide bonds. The van der Waals surface area contributed by atoms with Gasteiger partial charge in [0.15, 0.2) is 0 Å². The van der Waals surface area contributed by atoms with Crippen LogP contribution in [-0.4, -0.2) is 0 Å². The van der Waals surface area contributed by atoms with Crippen molar-refractivity contribution in [1.82, 2.24) is 0 Å². The van der Waals surface area contributed by atoms with Gasteiger partial charge in [-0.3, -0.25) is 0 Å². The molecule has 9 aromatic carbocycles. The molecule has 0 aliphatic heterocycles. The van der Waals surface area contributed by atoms with E-state index >= 15 is 0 Å². The summed E-state index contributed by atoms with van der Waals surface area (Å²) in [5.41, 5.74) is 23.6. The molecule has 0 saturated carbocycles. The minimum absolute atomic E-state index is 0.0598. The molecule has 0 heterocycles. The SMILES string of the molecule is CC1(C)C2=CC(N(c3ccc(C4=CCC(c5ccc(N(C6=CC=CCC6)c6ccccc6)cc5)C=C4)cc3)c3ccc(-c4ccc(-c5ccc(N(c6ccccc6)c6ccccc6)cc5)cc4)cc3)=CCCC2c2ccccc21. The van der Waals surface area contributed by atoms with Crippen molar-refractivity contribution in [2.24, 2.45) is 0 Å². The molecule has 9 aromatic rings. The van der Waals surface area contributed by atoms with E-state index in [1.54, 1.807) is 0 Å². The highest BCUT2D eigenvalue weighted by molar-refractivity contribution is 5.82. The van der Waals surface area contributed by atoms with Crippen LogP contribution in [-0.2, 0) is 5.41 Å². The van der Waals surface area contributed by atoms with Gasteiger partial charge >= 0.3 is 0 Å². The minimum Gasteiger partial charge on any atom is -0.314 e. The molecule has 4 aliphatic carbocycles. The normalized spacial score (nSPS) is 17.0. The van der Waals surface area contributed by atoms with Crippen LogP contribution < -0.4 is 14.7 Å². The fraction of sp³-hybridized carbons (Fsp3) is 0.132. The van der Waals surface area contributed by atoms with Crippen molar-refractivity contribution in [3.63, 3.8) is 0 Å². The van der Waals surface area contributed by atoms with Gasteiger partial charge in [0.1, 0.15) is 0 Å². The fourth-order valence-corrected chi connectivity index (χ4v) is 12.6. The summed E-state index contributed by atoms with van der Waals surface area (Å²) in [6.07, 6.45) is 24.0. The second kappa shape index (κ2) is 21.7. The molecule has 0 fully saturated rings. The van der Waals surface area contributed by atoms with Gasteiger partial charge in [-0.05, 0) is 179 Å². The molecule has 2 unspecified atom stereocenters. The number of fused-ring (bicyclic) bond motifs is 3. The zero-order chi connectivity index (χ0) is 53.1. The van der Waals surface area contributed by atoms with E-state index in [-0.39, 0.29) is 5.41 Å². The number of rotatable bonds is 13. The Bertz CT molecular complexity index is 3750. The number of benzene rings is 9. The van der Waals surface area contributed by atoms with Crippen LogP contribution in [0.25, 0.3) is 27.8 Å². The first-order chi connectivity index (χ1) is 38.9. The van der Waals surface area contributed by atoms with Crippen LogP contribution in [0.2, 0.25) is 0 Å². The highest BCUT2D eigenvalue weighted by atomic mass is 15.2. The molecule has 384 valence electrons. The highest BCUT2D eigenvalue weighted by Gasteiger charge is 2.42. The monoisotopic (exact) mass is 1020 g/mol. The van der Waals surface area contributed by atoms with E-state index in [1.165, 1.54) is 78.4 Å². The van der Waals surface area contributed by atoms with E-state index in [1.807, 2.05) is 0 Å². The molecule has 79 heavy (non-hydrogen) atoms. The molecule has 0 bridgehead atoms. The number of anilines is 7. The summed E-state index contributed by atoms with van der Waals surface area (Å²) in [6.45, 7) is 4.83. The first-order valence-electron chi connectivity index (χ1n) is 28.3. The van der Waals surface area contributed by atoms with E-state index in [0.717, 1.165) is 60.5 Å². The predicted octanol–water partition coefficient (Wildman–Crippen LogP) is 20.8. The molecule has 0 N–H and O–H groups in total. The maximum Gasteiger partial charge on any atom is 0.0462 e. The molecule has 3 nitrogen and oxygen atoms in total. The summed E-state index contributed by atoms with van der Waals surface area (Å²) < 4.78 is 0. The number of hydrogen-bond acceptors (Lipinski definition) is 3. The smallest absolute Gasteiger partial charge is 0.0462 e. The topological polar surface area (TPSA) is 9.72 Å². The zero-order valence-corrected chi connectivity index (χ0v) is 45.2. The van der Waals surface area contributed by atoms with Gasteiger partial charge in [-0.25, -0.2) is 0 Å². The van der Waals surface area contributed by atoms with Crippen molar-refractivity contribution < 1.29 is 0 Å². The molecule has 0 radical (unpaired) electrons. The summed E-state index contributed by atoms with van der Waals surface area (Å²) in [6, 6.07) is 86.7. The summed E-state index contributed by atoms with van der Waals surface area (Å²) >= 11 is 0. The lowest BCUT2D eigenvalue weighted by atomic mass is 9.80. The Hall–Kier alpha value is -9.18. The maximum atomic E-state index is 2.52. The van der Waals surface area contributed by atoms with Crippen LogP contribution >= 0.6 is 0 Å². The van der Waals surface area contributed by atoms with Crippen molar-refractivity contribution in [3.05, 3.63) is 324 Å². The Balaban J connectivity index is 0.754. The van der Waals surface area contributed by atoms with E-state index in [9.17, 15) is 0 Å². The quantitative estimate of drug-likeness (QED) is 0.114. The van der Waals surface area contributed by atoms with Gasteiger partial charge < -0.3 is 14.7 Å². The van der Waals surface area contributed by atoms with Crippen molar-refractivity contribution in [3.8, 4) is 22.3 Å². The molecule has 13 rings (SSSR count). The van der Waals surface area contributed by atoms with Crippen LogP contribution in [0.1, 0.15) is 80.0 Å². The molecule has 0 spiro atoms. The predicted molar refractivity (Wildman–Crippen MR) is 334 cm³/mol. The Morgan fingerprint density at radius 3 is 1.43 bits per heavy atom. The van der Waals surface area contributed by atoms with Gasteiger partial charge in [0, 0.05) is 68.5 Å². The highest BCUT2D eigenvalue weighted by Crippen LogP contribution is 2.54. The van der Waals surface area contributed by atoms with Crippen molar-refractivity contribution in [2.75, 3.05) is 14.7 Å². The summed E-state index contributed by atoms with van der Waals surface area (Å²) in [5.74, 6) is 0.744. The van der Waals surface area contributed by atoms with Gasteiger partial charge in [-0.15, -0.1) is 0 Å². The van der Waals surface area contributed by atoms with Gasteiger partial charge in [0.2, 0.25) is 0 Å². The molecule has 0 saturated heterocycles. The summed E-state index contributed by atoms with van der Waals surface area (Å²) in [7, 11) is 0. The third kappa shape index (κ3) is 9.94. The fourth-order valence-electron chi connectivity index (χ4n) is 12.6. The average molecular weight is 1020 g/mol. The van der Waals surface area contributed by atoms with Gasteiger partial charge in [-0.2, -0.15) is 0 Å². The van der Waals surface area contributed by atoms with Gasteiger partial charge in [0.25, 0.3) is 0 Å². The Morgan fingerprint density at radius 1 is 0.430 bits per heavy atom. The van der Waals surface area contributed by atoms with Gasteiger partial charge in [-0.1, -0.05) is 208 Å².